The Morgan fingerprint density at radius 3 is 3.09 bits per heavy atom. The number of H-pyrrole nitrogens is 1. The van der Waals surface area contributed by atoms with E-state index in [-0.39, 0.29) is 18.1 Å². The highest BCUT2D eigenvalue weighted by atomic mass is 32.1. The number of thiazole rings is 1. The van der Waals surface area contributed by atoms with Gasteiger partial charge in [-0.3, -0.25) is 9.89 Å². The third-order valence-electron chi connectivity index (χ3n) is 3.49. The molecule has 2 heterocycles. The lowest BCUT2D eigenvalue weighted by atomic mass is 10.1. The van der Waals surface area contributed by atoms with Crippen LogP contribution in [-0.2, 0) is 11.2 Å². The molecule has 1 amide bonds. The molecule has 2 aromatic heterocycles. The molecular weight excluding hydrogens is 312 g/mol. The second-order valence-electron chi connectivity index (χ2n) is 5.19. The van der Waals surface area contributed by atoms with Gasteiger partial charge in [0.15, 0.2) is 5.13 Å². The van der Waals surface area contributed by atoms with Gasteiger partial charge in [-0.25, -0.2) is 4.98 Å². The number of phenols is 1. The molecule has 6 nitrogen and oxygen atoms in total. The van der Waals surface area contributed by atoms with E-state index >= 15 is 0 Å². The number of aromatic amines is 1. The van der Waals surface area contributed by atoms with E-state index in [0.29, 0.717) is 5.13 Å². The molecule has 2 aromatic carbocycles. The molecule has 0 spiro atoms. The zero-order chi connectivity index (χ0) is 15.8. The number of phenolic OH excluding ortho intramolecular Hbond substituents is 1. The number of hydrogen-bond acceptors (Lipinski definition) is 5. The number of anilines is 1. The molecule has 0 aliphatic heterocycles. The number of aromatic hydroxyl groups is 1. The summed E-state index contributed by atoms with van der Waals surface area (Å²) in [5.74, 6) is 0.0547. The first-order chi connectivity index (χ1) is 11.2. The second-order valence-corrected chi connectivity index (χ2v) is 6.22. The molecule has 0 bridgehead atoms. The SMILES string of the molecule is O=C(Cc1ccc2cn[nH]c2c1)Nc1nc2ccc(O)cc2s1. The van der Waals surface area contributed by atoms with E-state index in [1.54, 1.807) is 24.4 Å². The first-order valence-electron chi connectivity index (χ1n) is 6.99. The summed E-state index contributed by atoms with van der Waals surface area (Å²) < 4.78 is 0.833. The van der Waals surface area contributed by atoms with E-state index in [1.165, 1.54) is 11.3 Å². The number of carbonyl (C=O) groups excluding carboxylic acids is 1. The van der Waals surface area contributed by atoms with Gasteiger partial charge in [0.25, 0.3) is 0 Å². The van der Waals surface area contributed by atoms with E-state index in [1.807, 2.05) is 18.2 Å². The van der Waals surface area contributed by atoms with E-state index < -0.39 is 0 Å². The Balaban J connectivity index is 1.51. The molecule has 0 fully saturated rings. The Morgan fingerprint density at radius 2 is 2.17 bits per heavy atom. The van der Waals surface area contributed by atoms with E-state index in [0.717, 1.165) is 26.7 Å². The number of fused-ring (bicyclic) bond motifs is 2. The Labute approximate surface area is 134 Å². The van der Waals surface area contributed by atoms with Gasteiger partial charge in [-0.15, -0.1) is 0 Å². The Hall–Kier alpha value is -2.93. The molecule has 7 heteroatoms. The number of amides is 1. The molecule has 23 heavy (non-hydrogen) atoms. The van der Waals surface area contributed by atoms with Crippen molar-refractivity contribution < 1.29 is 9.90 Å². The Morgan fingerprint density at radius 1 is 1.26 bits per heavy atom. The molecule has 0 aliphatic carbocycles. The van der Waals surface area contributed by atoms with Crippen LogP contribution in [-0.4, -0.2) is 26.2 Å². The normalized spacial score (nSPS) is 11.1. The minimum absolute atomic E-state index is 0.132. The van der Waals surface area contributed by atoms with Gasteiger partial charge in [-0.1, -0.05) is 23.5 Å². The van der Waals surface area contributed by atoms with Gasteiger partial charge < -0.3 is 10.4 Å². The van der Waals surface area contributed by atoms with Crippen molar-refractivity contribution >= 4 is 43.5 Å². The van der Waals surface area contributed by atoms with Gasteiger partial charge in [0.05, 0.1) is 28.4 Å². The largest absolute Gasteiger partial charge is 0.508 e. The van der Waals surface area contributed by atoms with Gasteiger partial charge in [0.2, 0.25) is 5.91 Å². The summed E-state index contributed by atoms with van der Waals surface area (Å²) in [6.07, 6.45) is 2.01. The van der Waals surface area contributed by atoms with Gasteiger partial charge in [-0.2, -0.15) is 5.10 Å². The average Bonchev–Trinajstić information content (AvgIpc) is 3.11. The van der Waals surface area contributed by atoms with Crippen LogP contribution >= 0.6 is 11.3 Å². The molecule has 0 saturated carbocycles. The van der Waals surface area contributed by atoms with Crippen LogP contribution in [0.2, 0.25) is 0 Å². The highest BCUT2D eigenvalue weighted by Gasteiger charge is 2.10. The molecule has 4 rings (SSSR count). The maximum absolute atomic E-state index is 12.2. The molecule has 0 saturated heterocycles. The van der Waals surface area contributed by atoms with Crippen molar-refractivity contribution in [1.29, 1.82) is 0 Å². The topological polar surface area (TPSA) is 90.9 Å². The third-order valence-corrected chi connectivity index (χ3v) is 4.42. The lowest BCUT2D eigenvalue weighted by Gasteiger charge is -2.02. The fourth-order valence-electron chi connectivity index (χ4n) is 2.41. The highest BCUT2D eigenvalue weighted by molar-refractivity contribution is 7.22. The lowest BCUT2D eigenvalue weighted by Crippen LogP contribution is -2.14. The number of aromatic nitrogens is 3. The van der Waals surface area contributed by atoms with Crippen LogP contribution in [0.4, 0.5) is 5.13 Å². The molecular formula is C16H12N4O2S. The van der Waals surface area contributed by atoms with E-state index in [9.17, 15) is 9.90 Å². The fourth-order valence-corrected chi connectivity index (χ4v) is 3.32. The molecule has 114 valence electrons. The summed E-state index contributed by atoms with van der Waals surface area (Å²) in [5, 5.41) is 20.7. The van der Waals surface area contributed by atoms with E-state index in [4.69, 9.17) is 0 Å². The van der Waals surface area contributed by atoms with Crippen molar-refractivity contribution in [3.05, 3.63) is 48.2 Å². The van der Waals surface area contributed by atoms with Crippen molar-refractivity contribution in [2.24, 2.45) is 0 Å². The molecule has 0 unspecified atom stereocenters. The summed E-state index contributed by atoms with van der Waals surface area (Å²) in [6, 6.07) is 10.7. The molecule has 4 aromatic rings. The smallest absolute Gasteiger partial charge is 0.230 e. The van der Waals surface area contributed by atoms with Crippen LogP contribution in [0.15, 0.2) is 42.6 Å². The fraction of sp³-hybridized carbons (Fsp3) is 0.0625. The molecule has 3 N–H and O–H groups in total. The zero-order valence-electron chi connectivity index (χ0n) is 11.9. The maximum Gasteiger partial charge on any atom is 0.230 e. The number of benzene rings is 2. The predicted molar refractivity (Wildman–Crippen MR) is 89.7 cm³/mol. The Kier molecular flexibility index (Phi) is 3.20. The van der Waals surface area contributed by atoms with Gasteiger partial charge in [0, 0.05) is 5.39 Å². The van der Waals surface area contributed by atoms with Crippen molar-refractivity contribution in [3.8, 4) is 5.75 Å². The van der Waals surface area contributed by atoms with Gasteiger partial charge in [0.1, 0.15) is 5.75 Å². The van der Waals surface area contributed by atoms with Crippen molar-refractivity contribution in [3.63, 3.8) is 0 Å². The number of rotatable bonds is 3. The summed E-state index contributed by atoms with van der Waals surface area (Å²) in [5.41, 5.74) is 2.56. The zero-order valence-corrected chi connectivity index (χ0v) is 12.7. The second kappa shape index (κ2) is 5.36. The molecule has 0 aliphatic rings. The van der Waals surface area contributed by atoms with Crippen LogP contribution in [0, 0.1) is 0 Å². The predicted octanol–water partition coefficient (Wildman–Crippen LogP) is 3.06. The quantitative estimate of drug-likeness (QED) is 0.540. The van der Waals surface area contributed by atoms with Gasteiger partial charge in [-0.05, 0) is 29.8 Å². The Bertz CT molecular complexity index is 1020. The monoisotopic (exact) mass is 324 g/mol. The number of nitrogens with zero attached hydrogens (tertiary/aromatic N) is 2. The number of hydrogen-bond donors (Lipinski definition) is 3. The van der Waals surface area contributed by atoms with E-state index in [2.05, 4.69) is 20.5 Å². The van der Waals surface area contributed by atoms with Crippen LogP contribution in [0.3, 0.4) is 0 Å². The summed E-state index contributed by atoms with van der Waals surface area (Å²) in [4.78, 5) is 16.5. The molecule has 0 radical (unpaired) electrons. The number of nitrogens with one attached hydrogen (secondary N) is 2. The standard InChI is InChI=1S/C16H12N4O2S/c21-11-3-4-12-14(7-11)23-16(18-12)19-15(22)6-9-1-2-10-8-17-20-13(10)5-9/h1-5,7-8,21H,6H2,(H,17,20)(H,18,19,22). The first-order valence-corrected chi connectivity index (χ1v) is 7.80. The highest BCUT2D eigenvalue weighted by Crippen LogP contribution is 2.28. The number of carbonyl (C=O) groups is 1. The minimum atomic E-state index is -0.132. The first kappa shape index (κ1) is 13.7. The lowest BCUT2D eigenvalue weighted by molar-refractivity contribution is -0.115. The van der Waals surface area contributed by atoms with Crippen LogP contribution in [0.1, 0.15) is 5.56 Å². The summed E-state index contributed by atoms with van der Waals surface area (Å²) in [6.45, 7) is 0. The average molecular weight is 324 g/mol. The minimum Gasteiger partial charge on any atom is -0.508 e. The maximum atomic E-state index is 12.2. The van der Waals surface area contributed by atoms with Crippen molar-refractivity contribution in [1.82, 2.24) is 15.2 Å². The summed E-state index contributed by atoms with van der Waals surface area (Å²) in [7, 11) is 0. The molecule has 0 atom stereocenters. The third kappa shape index (κ3) is 2.74. The van der Waals surface area contributed by atoms with Gasteiger partial charge >= 0.3 is 0 Å². The van der Waals surface area contributed by atoms with Crippen molar-refractivity contribution in [2.75, 3.05) is 5.32 Å². The van der Waals surface area contributed by atoms with Crippen molar-refractivity contribution in [2.45, 2.75) is 6.42 Å². The van der Waals surface area contributed by atoms with Crippen LogP contribution < -0.4 is 5.32 Å². The summed E-state index contributed by atoms with van der Waals surface area (Å²) >= 11 is 1.34. The van der Waals surface area contributed by atoms with Crippen LogP contribution in [0.25, 0.3) is 21.1 Å². The van der Waals surface area contributed by atoms with Crippen LogP contribution in [0.5, 0.6) is 5.75 Å².